The Morgan fingerprint density at radius 2 is 2.20 bits per heavy atom. The second-order valence-corrected chi connectivity index (χ2v) is 7.73. The maximum absolute atomic E-state index is 13.6. The maximum atomic E-state index is 13.6. The Bertz CT molecular complexity index is 746. The Hall–Kier alpha value is -1.19. The number of aromatic nitrogens is 1. The third-order valence-corrected chi connectivity index (χ3v) is 5.09. The highest BCUT2D eigenvalue weighted by Gasteiger charge is 2.21. The minimum Gasteiger partial charge on any atom is -0.382 e. The maximum Gasteiger partial charge on any atom is 0.182 e. The molecule has 5 nitrogen and oxygen atoms in total. The highest BCUT2D eigenvalue weighted by molar-refractivity contribution is 9.10. The highest BCUT2D eigenvalue weighted by Crippen LogP contribution is 2.31. The van der Waals surface area contributed by atoms with Gasteiger partial charge in [-0.1, -0.05) is 15.9 Å². The zero-order valence-corrected chi connectivity index (χ0v) is 13.6. The average molecular weight is 380 g/mol. The lowest BCUT2D eigenvalue weighted by atomic mass is 10.2. The SMILES string of the molecule is CS(=O)(=O)c1c(N)nsc1NCc1cc(Br)ccc1F. The fourth-order valence-corrected chi connectivity index (χ4v) is 4.09. The molecule has 0 spiro atoms. The second-order valence-electron chi connectivity index (χ2n) is 4.09. The first-order valence-corrected chi connectivity index (χ1v) is 8.88. The highest BCUT2D eigenvalue weighted by atomic mass is 79.9. The van der Waals surface area contributed by atoms with Gasteiger partial charge in [-0.2, -0.15) is 4.37 Å². The van der Waals surface area contributed by atoms with Gasteiger partial charge in [0, 0.05) is 22.8 Å². The van der Waals surface area contributed by atoms with Crippen molar-refractivity contribution >= 4 is 48.1 Å². The van der Waals surface area contributed by atoms with Crippen LogP contribution < -0.4 is 11.1 Å². The van der Waals surface area contributed by atoms with Gasteiger partial charge in [-0.3, -0.25) is 0 Å². The second kappa shape index (κ2) is 5.66. The summed E-state index contributed by atoms with van der Waals surface area (Å²) in [5.41, 5.74) is 5.96. The largest absolute Gasteiger partial charge is 0.382 e. The number of rotatable bonds is 4. The molecule has 1 aromatic carbocycles. The van der Waals surface area contributed by atoms with Crippen molar-refractivity contribution in [1.29, 1.82) is 0 Å². The van der Waals surface area contributed by atoms with Gasteiger partial charge in [-0.05, 0) is 29.7 Å². The summed E-state index contributed by atoms with van der Waals surface area (Å²) in [6.07, 6.45) is 1.05. The summed E-state index contributed by atoms with van der Waals surface area (Å²) in [6.45, 7) is 0.134. The van der Waals surface area contributed by atoms with Crippen LogP contribution in [0.25, 0.3) is 0 Å². The van der Waals surface area contributed by atoms with Crippen molar-refractivity contribution in [1.82, 2.24) is 4.37 Å². The van der Waals surface area contributed by atoms with Gasteiger partial charge in [0.25, 0.3) is 0 Å². The van der Waals surface area contributed by atoms with E-state index in [1.807, 2.05) is 0 Å². The molecule has 1 aromatic heterocycles. The monoisotopic (exact) mass is 379 g/mol. The van der Waals surface area contributed by atoms with Crippen LogP contribution in [0.5, 0.6) is 0 Å². The van der Waals surface area contributed by atoms with E-state index in [9.17, 15) is 12.8 Å². The minimum atomic E-state index is -3.49. The van der Waals surface area contributed by atoms with Crippen LogP contribution in [0.15, 0.2) is 27.6 Å². The van der Waals surface area contributed by atoms with Crippen molar-refractivity contribution in [2.24, 2.45) is 0 Å². The molecule has 20 heavy (non-hydrogen) atoms. The molecule has 0 saturated carbocycles. The van der Waals surface area contributed by atoms with Crippen LogP contribution >= 0.6 is 27.5 Å². The number of halogens is 2. The normalized spacial score (nSPS) is 11.6. The molecular formula is C11H11BrFN3O2S2. The van der Waals surface area contributed by atoms with Crippen LogP contribution in [0.1, 0.15) is 5.56 Å². The van der Waals surface area contributed by atoms with Gasteiger partial charge in [0.1, 0.15) is 15.7 Å². The van der Waals surface area contributed by atoms with Gasteiger partial charge in [-0.15, -0.1) is 0 Å². The smallest absolute Gasteiger partial charge is 0.182 e. The Labute approximate surface area is 128 Å². The third kappa shape index (κ3) is 3.28. The zero-order chi connectivity index (χ0) is 14.9. The van der Waals surface area contributed by atoms with Crippen molar-refractivity contribution < 1.29 is 12.8 Å². The predicted molar refractivity (Wildman–Crippen MR) is 81.1 cm³/mol. The summed E-state index contributed by atoms with van der Waals surface area (Å²) in [5, 5.41) is 3.17. The molecular weight excluding hydrogens is 369 g/mol. The molecule has 0 fully saturated rings. The number of hydrogen-bond acceptors (Lipinski definition) is 6. The van der Waals surface area contributed by atoms with Crippen molar-refractivity contribution in [3.05, 3.63) is 34.1 Å². The molecule has 2 aromatic rings. The fraction of sp³-hybridized carbons (Fsp3) is 0.182. The fourth-order valence-electron chi connectivity index (χ4n) is 1.62. The number of nitrogens with zero attached hydrogens (tertiary/aromatic N) is 1. The van der Waals surface area contributed by atoms with Crippen LogP contribution in [0.3, 0.4) is 0 Å². The first-order chi connectivity index (χ1) is 9.29. The van der Waals surface area contributed by atoms with E-state index in [1.54, 1.807) is 12.1 Å². The molecule has 3 N–H and O–H groups in total. The van der Waals surface area contributed by atoms with Gasteiger partial charge in [-0.25, -0.2) is 12.8 Å². The molecule has 108 valence electrons. The van der Waals surface area contributed by atoms with Crippen molar-refractivity contribution in [3.63, 3.8) is 0 Å². The van der Waals surface area contributed by atoms with E-state index in [0.29, 0.717) is 10.6 Å². The molecule has 0 saturated heterocycles. The molecule has 0 radical (unpaired) electrons. The molecule has 9 heteroatoms. The molecule has 0 aliphatic heterocycles. The summed E-state index contributed by atoms with van der Waals surface area (Å²) >= 11 is 4.19. The van der Waals surface area contributed by atoms with E-state index in [-0.39, 0.29) is 23.1 Å². The number of sulfone groups is 1. The molecule has 0 atom stereocenters. The number of nitrogens with two attached hydrogens (primary N) is 1. The average Bonchev–Trinajstić information content (AvgIpc) is 2.71. The minimum absolute atomic E-state index is 0.0436. The summed E-state index contributed by atoms with van der Waals surface area (Å²) in [6, 6.07) is 4.54. The van der Waals surface area contributed by atoms with Crippen LogP contribution in [-0.2, 0) is 16.4 Å². The number of hydrogen-bond donors (Lipinski definition) is 2. The molecule has 0 aliphatic rings. The number of benzene rings is 1. The van der Waals surface area contributed by atoms with E-state index >= 15 is 0 Å². The lowest BCUT2D eigenvalue weighted by Gasteiger charge is -2.07. The molecule has 1 heterocycles. The Morgan fingerprint density at radius 3 is 2.85 bits per heavy atom. The van der Waals surface area contributed by atoms with Gasteiger partial charge < -0.3 is 11.1 Å². The number of anilines is 2. The predicted octanol–water partition coefficient (Wildman–Crippen LogP) is 2.64. The summed E-state index contributed by atoms with van der Waals surface area (Å²) in [4.78, 5) is -0.0436. The van der Waals surface area contributed by atoms with E-state index < -0.39 is 9.84 Å². The summed E-state index contributed by atoms with van der Waals surface area (Å²) in [7, 11) is -3.49. The molecule has 2 rings (SSSR count). The number of nitrogens with one attached hydrogen (secondary N) is 1. The lowest BCUT2D eigenvalue weighted by molar-refractivity contribution is 0.602. The summed E-state index contributed by atoms with van der Waals surface area (Å²) in [5.74, 6) is -0.422. The zero-order valence-electron chi connectivity index (χ0n) is 10.4. The Balaban J connectivity index is 2.26. The summed E-state index contributed by atoms with van der Waals surface area (Å²) < 4.78 is 41.4. The standard InChI is InChI=1S/C11H11BrFN3O2S2/c1-20(17,18)9-10(14)16-19-11(9)15-5-6-4-7(12)2-3-8(6)13/h2-4,15H,5H2,1H3,(H2,14,16). The van der Waals surface area contributed by atoms with Crippen LogP contribution in [0.2, 0.25) is 0 Å². The van der Waals surface area contributed by atoms with Crippen LogP contribution in [-0.4, -0.2) is 19.0 Å². The van der Waals surface area contributed by atoms with Gasteiger partial charge in [0.2, 0.25) is 0 Å². The Kier molecular flexibility index (Phi) is 4.31. The van der Waals surface area contributed by atoms with Crippen molar-refractivity contribution in [2.75, 3.05) is 17.3 Å². The molecule has 0 bridgehead atoms. The number of nitrogen functional groups attached to an aromatic ring is 1. The lowest BCUT2D eigenvalue weighted by Crippen LogP contribution is -2.06. The molecule has 0 amide bonds. The van der Waals surface area contributed by atoms with E-state index in [0.717, 1.165) is 22.3 Å². The van der Waals surface area contributed by atoms with E-state index in [2.05, 4.69) is 25.6 Å². The molecule has 0 unspecified atom stereocenters. The first-order valence-electron chi connectivity index (χ1n) is 5.42. The van der Waals surface area contributed by atoms with E-state index in [4.69, 9.17) is 5.73 Å². The topological polar surface area (TPSA) is 85.1 Å². The van der Waals surface area contributed by atoms with E-state index in [1.165, 1.54) is 6.07 Å². The Morgan fingerprint density at radius 1 is 1.50 bits per heavy atom. The van der Waals surface area contributed by atoms with Crippen molar-refractivity contribution in [3.8, 4) is 0 Å². The van der Waals surface area contributed by atoms with Gasteiger partial charge in [0.15, 0.2) is 15.7 Å². The first kappa shape index (κ1) is 15.2. The van der Waals surface area contributed by atoms with Crippen LogP contribution in [0, 0.1) is 5.82 Å². The van der Waals surface area contributed by atoms with Gasteiger partial charge in [0.05, 0.1) is 0 Å². The third-order valence-electron chi connectivity index (χ3n) is 2.49. The molecule has 0 aliphatic carbocycles. The van der Waals surface area contributed by atoms with Crippen molar-refractivity contribution in [2.45, 2.75) is 11.4 Å². The van der Waals surface area contributed by atoms with Gasteiger partial charge >= 0.3 is 0 Å². The quantitative estimate of drug-likeness (QED) is 0.852. The van der Waals surface area contributed by atoms with Crippen LogP contribution in [0.4, 0.5) is 15.2 Å².